The zero-order valence-corrected chi connectivity index (χ0v) is 17.8. The van der Waals surface area contributed by atoms with Crippen LogP contribution in [0.5, 0.6) is 0 Å². The first kappa shape index (κ1) is 19.2. The predicted octanol–water partition coefficient (Wildman–Crippen LogP) is 6.99. The molecule has 0 spiro atoms. The van der Waals surface area contributed by atoms with Crippen molar-refractivity contribution in [3.63, 3.8) is 0 Å². The Morgan fingerprint density at radius 1 is 1.07 bits per heavy atom. The minimum Gasteiger partial charge on any atom is -0.382 e. The van der Waals surface area contributed by atoms with E-state index in [1.54, 1.807) is 5.56 Å². The minimum absolute atomic E-state index is 0.363. The first-order valence-corrected chi connectivity index (χ1v) is 11.2. The van der Waals surface area contributed by atoms with Gasteiger partial charge in [-0.3, -0.25) is 0 Å². The van der Waals surface area contributed by atoms with Crippen LogP contribution in [0, 0.1) is 28.6 Å². The summed E-state index contributed by atoms with van der Waals surface area (Å²) in [6.07, 6.45) is 14.8. The van der Waals surface area contributed by atoms with E-state index in [-0.39, 0.29) is 0 Å². The summed E-state index contributed by atoms with van der Waals surface area (Å²) in [5, 5.41) is 0. The van der Waals surface area contributed by atoms with E-state index < -0.39 is 0 Å². The lowest BCUT2D eigenvalue weighted by Crippen LogP contribution is -2.47. The summed E-state index contributed by atoms with van der Waals surface area (Å²) in [5.41, 5.74) is 2.44. The molecule has 0 heterocycles. The predicted molar refractivity (Wildman–Crippen MR) is 114 cm³/mol. The number of ether oxygens (including phenoxy) is 1. The number of hydrogen-bond donors (Lipinski definition) is 0. The summed E-state index contributed by atoms with van der Waals surface area (Å²) in [4.78, 5) is 0. The maximum atomic E-state index is 5.55. The Morgan fingerprint density at radius 3 is 2.59 bits per heavy atom. The Labute approximate surface area is 166 Å². The Balaban J connectivity index is 1.55. The third kappa shape index (κ3) is 3.31. The van der Waals surface area contributed by atoms with Crippen LogP contribution in [0.25, 0.3) is 0 Å². The van der Waals surface area contributed by atoms with Gasteiger partial charge < -0.3 is 4.74 Å². The van der Waals surface area contributed by atoms with Crippen LogP contribution >= 0.6 is 0 Å². The summed E-state index contributed by atoms with van der Waals surface area (Å²) >= 11 is 0. The number of rotatable bonds is 5. The molecular formula is C26H38O. The highest BCUT2D eigenvalue weighted by Crippen LogP contribution is 2.66. The highest BCUT2D eigenvalue weighted by atomic mass is 16.5. The van der Waals surface area contributed by atoms with Crippen molar-refractivity contribution in [2.45, 2.75) is 77.7 Å². The second kappa shape index (κ2) is 7.39. The average Bonchev–Trinajstić information content (AvgIpc) is 3.04. The molecule has 3 aliphatic rings. The lowest BCUT2D eigenvalue weighted by molar-refractivity contribution is -0.0249. The lowest BCUT2D eigenvalue weighted by Gasteiger charge is -2.55. The second-order valence-corrected chi connectivity index (χ2v) is 10.2. The fourth-order valence-electron chi connectivity index (χ4n) is 7.19. The third-order valence-electron chi connectivity index (χ3n) is 8.88. The summed E-state index contributed by atoms with van der Waals surface area (Å²) in [7, 11) is 1.85. The van der Waals surface area contributed by atoms with E-state index in [9.17, 15) is 0 Å². The maximum Gasteiger partial charge on any atom is 0.0543 e. The molecule has 4 rings (SSSR count). The van der Waals surface area contributed by atoms with E-state index in [4.69, 9.17) is 4.74 Å². The summed E-state index contributed by atoms with van der Waals surface area (Å²) in [5.74, 6) is 3.39. The van der Waals surface area contributed by atoms with Gasteiger partial charge in [0.2, 0.25) is 0 Å². The van der Waals surface area contributed by atoms with Gasteiger partial charge in [-0.15, -0.1) is 0 Å². The summed E-state index contributed by atoms with van der Waals surface area (Å²) < 4.78 is 5.55. The minimum atomic E-state index is 0.363. The van der Waals surface area contributed by atoms with Crippen LogP contribution in [0.3, 0.4) is 0 Å². The summed E-state index contributed by atoms with van der Waals surface area (Å²) in [6, 6.07) is 11.4. The lowest BCUT2D eigenvalue weighted by atomic mass is 9.50. The summed E-state index contributed by atoms with van der Waals surface area (Å²) in [6.45, 7) is 7.38. The van der Waals surface area contributed by atoms with Crippen LogP contribution in [0.1, 0.15) is 77.2 Å². The molecule has 1 nitrogen and oxygen atoms in total. The van der Waals surface area contributed by atoms with Gasteiger partial charge in [0.25, 0.3) is 0 Å². The largest absolute Gasteiger partial charge is 0.382 e. The van der Waals surface area contributed by atoms with Crippen molar-refractivity contribution in [1.29, 1.82) is 0 Å². The molecule has 1 aromatic rings. The van der Waals surface area contributed by atoms with E-state index in [1.165, 1.54) is 44.9 Å². The van der Waals surface area contributed by atoms with E-state index >= 15 is 0 Å². The van der Waals surface area contributed by atoms with Gasteiger partial charge in [0.1, 0.15) is 0 Å². The smallest absolute Gasteiger partial charge is 0.0543 e. The SMILES string of the molecule is COC(C)CC[C@@]1(C)C=CC[C@@H]2[C@@H]1CC[C@]1(C)C(c3ccccc3)CC[C@@H]21. The van der Waals surface area contributed by atoms with Crippen molar-refractivity contribution in [3.05, 3.63) is 48.0 Å². The monoisotopic (exact) mass is 366 g/mol. The van der Waals surface area contributed by atoms with Crippen LogP contribution in [0.15, 0.2) is 42.5 Å². The molecule has 2 fully saturated rings. The van der Waals surface area contributed by atoms with Crippen molar-refractivity contribution in [2.75, 3.05) is 7.11 Å². The highest BCUT2D eigenvalue weighted by molar-refractivity contribution is 5.26. The standard InChI is InChI=1S/C26H38O/c1-19(27-4)14-17-25(2)16-8-11-21-23(25)15-18-26(3)22(12-13-24(21)26)20-9-6-5-7-10-20/h5-10,16,19,21-24H,11-15,17-18H2,1-4H3/t19?,21-,22?,23+,24+,25-,26-/m1/s1. The second-order valence-electron chi connectivity index (χ2n) is 10.2. The molecule has 0 radical (unpaired) electrons. The molecule has 0 bridgehead atoms. The van der Waals surface area contributed by atoms with Gasteiger partial charge in [-0.2, -0.15) is 0 Å². The van der Waals surface area contributed by atoms with Gasteiger partial charge in [0.15, 0.2) is 0 Å². The molecule has 2 unspecified atom stereocenters. The Morgan fingerprint density at radius 2 is 1.85 bits per heavy atom. The molecule has 1 aromatic carbocycles. The van der Waals surface area contributed by atoms with Gasteiger partial charge >= 0.3 is 0 Å². The van der Waals surface area contributed by atoms with Crippen LogP contribution in [-0.4, -0.2) is 13.2 Å². The van der Waals surface area contributed by atoms with Crippen LogP contribution in [-0.2, 0) is 4.74 Å². The Bertz CT molecular complexity index is 664. The van der Waals surface area contributed by atoms with E-state index in [0.29, 0.717) is 16.9 Å². The molecule has 1 heteroatoms. The van der Waals surface area contributed by atoms with E-state index in [2.05, 4.69) is 63.3 Å². The van der Waals surface area contributed by atoms with Crippen molar-refractivity contribution in [2.24, 2.45) is 28.6 Å². The molecule has 3 aliphatic carbocycles. The first-order valence-electron chi connectivity index (χ1n) is 11.2. The fourth-order valence-corrected chi connectivity index (χ4v) is 7.19. The molecule has 2 saturated carbocycles. The molecule has 0 saturated heterocycles. The van der Waals surface area contributed by atoms with Crippen LogP contribution in [0.4, 0.5) is 0 Å². The quantitative estimate of drug-likeness (QED) is 0.510. The number of fused-ring (bicyclic) bond motifs is 3. The number of methoxy groups -OCH3 is 1. The number of benzene rings is 1. The average molecular weight is 367 g/mol. The zero-order valence-electron chi connectivity index (χ0n) is 17.8. The van der Waals surface area contributed by atoms with Crippen molar-refractivity contribution in [1.82, 2.24) is 0 Å². The van der Waals surface area contributed by atoms with E-state index in [0.717, 1.165) is 23.7 Å². The van der Waals surface area contributed by atoms with Crippen molar-refractivity contribution in [3.8, 4) is 0 Å². The van der Waals surface area contributed by atoms with Crippen LogP contribution < -0.4 is 0 Å². The molecule has 148 valence electrons. The van der Waals surface area contributed by atoms with Crippen molar-refractivity contribution < 1.29 is 4.74 Å². The van der Waals surface area contributed by atoms with Crippen molar-refractivity contribution >= 4 is 0 Å². The first-order chi connectivity index (χ1) is 13.0. The van der Waals surface area contributed by atoms with Gasteiger partial charge in [-0.1, -0.05) is 56.3 Å². The number of hydrogen-bond acceptors (Lipinski definition) is 1. The fraction of sp³-hybridized carbons (Fsp3) is 0.692. The molecular weight excluding hydrogens is 328 g/mol. The van der Waals surface area contributed by atoms with E-state index in [1.807, 2.05) is 7.11 Å². The highest BCUT2D eigenvalue weighted by Gasteiger charge is 2.56. The molecule has 0 aromatic heterocycles. The Hall–Kier alpha value is -1.08. The van der Waals surface area contributed by atoms with Crippen LogP contribution in [0.2, 0.25) is 0 Å². The van der Waals surface area contributed by atoms with Gasteiger partial charge in [0.05, 0.1) is 6.10 Å². The topological polar surface area (TPSA) is 9.23 Å². The maximum absolute atomic E-state index is 5.55. The molecule has 7 atom stereocenters. The molecule has 27 heavy (non-hydrogen) atoms. The van der Waals surface area contributed by atoms with Gasteiger partial charge in [-0.05, 0) is 91.9 Å². The molecule has 0 aliphatic heterocycles. The normalized spacial score (nSPS) is 41.8. The third-order valence-corrected chi connectivity index (χ3v) is 8.88. The zero-order chi connectivity index (χ0) is 19.1. The number of allylic oxidation sites excluding steroid dienone is 2. The van der Waals surface area contributed by atoms with Gasteiger partial charge in [-0.25, -0.2) is 0 Å². The Kier molecular flexibility index (Phi) is 5.27. The van der Waals surface area contributed by atoms with Gasteiger partial charge in [0, 0.05) is 7.11 Å². The molecule has 0 N–H and O–H groups in total. The molecule has 0 amide bonds.